The summed E-state index contributed by atoms with van der Waals surface area (Å²) in [6.45, 7) is 8.04. The van der Waals surface area contributed by atoms with Gasteiger partial charge < -0.3 is 10.6 Å². The number of benzene rings is 2. The van der Waals surface area contributed by atoms with Gasteiger partial charge in [-0.05, 0) is 48.2 Å². The molecule has 3 rings (SSSR count). The average molecular weight is 396 g/mol. The van der Waals surface area contributed by atoms with Gasteiger partial charge in [-0.2, -0.15) is 0 Å². The Morgan fingerprint density at radius 2 is 1.66 bits per heavy atom. The third kappa shape index (κ3) is 5.13. The molecular formula is C22H22F2N4O. The van der Waals surface area contributed by atoms with Gasteiger partial charge in [0.15, 0.2) is 0 Å². The highest BCUT2D eigenvalue weighted by molar-refractivity contribution is 6.03. The van der Waals surface area contributed by atoms with Crippen LogP contribution in [-0.4, -0.2) is 15.9 Å². The van der Waals surface area contributed by atoms with Crippen molar-refractivity contribution in [1.82, 2.24) is 9.97 Å². The summed E-state index contributed by atoms with van der Waals surface area (Å²) in [6.07, 6.45) is 0. The van der Waals surface area contributed by atoms with Gasteiger partial charge in [0, 0.05) is 17.4 Å². The predicted molar refractivity (Wildman–Crippen MR) is 110 cm³/mol. The Balaban J connectivity index is 1.79. The van der Waals surface area contributed by atoms with E-state index in [1.807, 2.05) is 24.3 Å². The highest BCUT2D eigenvalue weighted by Crippen LogP contribution is 2.24. The van der Waals surface area contributed by atoms with Crippen LogP contribution in [0.25, 0.3) is 0 Å². The molecule has 2 aromatic carbocycles. The maximum absolute atomic E-state index is 13.9. The van der Waals surface area contributed by atoms with Crippen molar-refractivity contribution in [2.75, 3.05) is 10.6 Å². The zero-order valence-electron chi connectivity index (χ0n) is 16.7. The maximum Gasteiger partial charge on any atom is 0.274 e. The highest BCUT2D eigenvalue weighted by atomic mass is 19.1. The van der Waals surface area contributed by atoms with E-state index in [1.165, 1.54) is 12.1 Å². The number of aromatic nitrogens is 2. The first-order chi connectivity index (χ1) is 13.6. The molecule has 0 aliphatic carbocycles. The standard InChI is InChI=1S/C22H22F2N4O/c1-13-11-19(20(29)26-16-8-5-14(6-9-16)22(2,3)4)28-21(25-13)27-18-10-7-15(23)12-17(18)24/h5-12H,1-4H3,(H,26,29)(H,25,27,28). The lowest BCUT2D eigenvalue weighted by Gasteiger charge is -2.19. The monoisotopic (exact) mass is 396 g/mol. The highest BCUT2D eigenvalue weighted by Gasteiger charge is 2.15. The van der Waals surface area contributed by atoms with Crippen LogP contribution in [0, 0.1) is 18.6 Å². The fraction of sp³-hybridized carbons (Fsp3) is 0.227. The fourth-order valence-electron chi connectivity index (χ4n) is 2.70. The fourth-order valence-corrected chi connectivity index (χ4v) is 2.70. The molecule has 0 aliphatic heterocycles. The Bertz CT molecular complexity index is 1040. The number of nitrogens with one attached hydrogen (secondary N) is 2. The van der Waals surface area contributed by atoms with Gasteiger partial charge in [0.25, 0.3) is 5.91 Å². The van der Waals surface area contributed by atoms with Gasteiger partial charge in [0.2, 0.25) is 5.95 Å². The van der Waals surface area contributed by atoms with E-state index in [0.717, 1.165) is 17.7 Å². The largest absolute Gasteiger partial charge is 0.322 e. The van der Waals surface area contributed by atoms with Gasteiger partial charge in [0.05, 0.1) is 5.69 Å². The number of hydrogen-bond acceptors (Lipinski definition) is 4. The first-order valence-corrected chi connectivity index (χ1v) is 9.11. The molecule has 0 bridgehead atoms. The molecule has 0 fully saturated rings. The maximum atomic E-state index is 13.9. The van der Waals surface area contributed by atoms with Crippen molar-refractivity contribution in [3.63, 3.8) is 0 Å². The SMILES string of the molecule is Cc1cc(C(=O)Nc2ccc(C(C)(C)C)cc2)nc(Nc2ccc(F)cc2F)n1. The molecule has 0 unspecified atom stereocenters. The summed E-state index contributed by atoms with van der Waals surface area (Å²) >= 11 is 0. The van der Waals surface area contributed by atoms with E-state index < -0.39 is 17.5 Å². The molecular weight excluding hydrogens is 374 g/mol. The molecule has 2 N–H and O–H groups in total. The minimum Gasteiger partial charge on any atom is -0.322 e. The van der Waals surface area contributed by atoms with Crippen molar-refractivity contribution in [1.29, 1.82) is 0 Å². The Kier molecular flexibility index (Phi) is 5.59. The minimum absolute atomic E-state index is 0.0149. The van der Waals surface area contributed by atoms with Gasteiger partial charge in [-0.25, -0.2) is 18.7 Å². The van der Waals surface area contributed by atoms with Crippen LogP contribution < -0.4 is 10.6 Å². The normalized spacial score (nSPS) is 11.2. The lowest BCUT2D eigenvalue weighted by atomic mass is 9.87. The second kappa shape index (κ2) is 7.95. The third-order valence-electron chi connectivity index (χ3n) is 4.27. The van der Waals surface area contributed by atoms with Gasteiger partial charge in [-0.3, -0.25) is 4.79 Å². The van der Waals surface area contributed by atoms with Gasteiger partial charge in [0.1, 0.15) is 17.3 Å². The Morgan fingerprint density at radius 1 is 0.966 bits per heavy atom. The molecule has 5 nitrogen and oxygen atoms in total. The van der Waals surface area contributed by atoms with E-state index in [-0.39, 0.29) is 22.7 Å². The first-order valence-electron chi connectivity index (χ1n) is 9.11. The summed E-state index contributed by atoms with van der Waals surface area (Å²) in [5.74, 6) is -1.83. The molecule has 0 saturated heterocycles. The molecule has 1 aromatic heterocycles. The van der Waals surface area contributed by atoms with E-state index in [9.17, 15) is 13.6 Å². The van der Waals surface area contributed by atoms with Crippen LogP contribution in [-0.2, 0) is 5.41 Å². The van der Waals surface area contributed by atoms with Crippen molar-refractivity contribution in [2.24, 2.45) is 0 Å². The number of carbonyl (C=O) groups excluding carboxylic acids is 1. The predicted octanol–water partition coefficient (Wildman–Crippen LogP) is 5.36. The zero-order chi connectivity index (χ0) is 21.2. The van der Waals surface area contributed by atoms with Crippen molar-refractivity contribution >= 4 is 23.2 Å². The Labute approximate surface area is 168 Å². The molecule has 0 spiro atoms. The van der Waals surface area contributed by atoms with E-state index >= 15 is 0 Å². The lowest BCUT2D eigenvalue weighted by Crippen LogP contribution is -2.16. The molecule has 1 heterocycles. The van der Waals surface area contributed by atoms with E-state index in [4.69, 9.17) is 0 Å². The molecule has 1 amide bonds. The van der Waals surface area contributed by atoms with Crippen LogP contribution in [0.2, 0.25) is 0 Å². The summed E-state index contributed by atoms with van der Waals surface area (Å²) in [5.41, 5.74) is 2.48. The van der Waals surface area contributed by atoms with Crippen molar-refractivity contribution in [2.45, 2.75) is 33.1 Å². The third-order valence-corrected chi connectivity index (χ3v) is 4.27. The van der Waals surface area contributed by atoms with Crippen LogP contribution >= 0.6 is 0 Å². The van der Waals surface area contributed by atoms with Crippen molar-refractivity contribution < 1.29 is 13.6 Å². The van der Waals surface area contributed by atoms with Crippen LogP contribution in [0.4, 0.5) is 26.1 Å². The molecule has 3 aromatic rings. The Morgan fingerprint density at radius 3 is 2.28 bits per heavy atom. The summed E-state index contributed by atoms with van der Waals surface area (Å²) in [7, 11) is 0. The zero-order valence-corrected chi connectivity index (χ0v) is 16.7. The molecule has 0 radical (unpaired) electrons. The van der Waals surface area contributed by atoms with Crippen LogP contribution in [0.5, 0.6) is 0 Å². The van der Waals surface area contributed by atoms with Crippen LogP contribution in [0.3, 0.4) is 0 Å². The second-order valence-corrected chi connectivity index (χ2v) is 7.75. The number of hydrogen-bond donors (Lipinski definition) is 2. The number of amides is 1. The summed E-state index contributed by atoms with van der Waals surface area (Å²) in [5, 5.41) is 5.47. The van der Waals surface area contributed by atoms with Gasteiger partial charge in [-0.1, -0.05) is 32.9 Å². The number of rotatable bonds is 4. The van der Waals surface area contributed by atoms with E-state index in [1.54, 1.807) is 6.92 Å². The number of carbonyl (C=O) groups is 1. The number of aryl methyl sites for hydroxylation is 1. The summed E-state index contributed by atoms with van der Waals surface area (Å²) in [4.78, 5) is 20.9. The topological polar surface area (TPSA) is 66.9 Å². The van der Waals surface area contributed by atoms with Gasteiger partial charge in [-0.15, -0.1) is 0 Å². The van der Waals surface area contributed by atoms with Gasteiger partial charge >= 0.3 is 0 Å². The molecule has 0 atom stereocenters. The quantitative estimate of drug-likeness (QED) is 0.623. The minimum atomic E-state index is -0.778. The van der Waals surface area contributed by atoms with Crippen LogP contribution in [0.1, 0.15) is 42.5 Å². The molecule has 0 saturated carbocycles. The van der Waals surface area contributed by atoms with Crippen molar-refractivity contribution in [3.8, 4) is 0 Å². The van der Waals surface area contributed by atoms with E-state index in [2.05, 4.69) is 41.4 Å². The number of halogens is 2. The van der Waals surface area contributed by atoms with Crippen molar-refractivity contribution in [3.05, 3.63) is 77.1 Å². The molecule has 0 aliphatic rings. The second-order valence-electron chi connectivity index (χ2n) is 7.75. The lowest BCUT2D eigenvalue weighted by molar-refractivity contribution is 0.102. The Hall–Kier alpha value is -3.35. The smallest absolute Gasteiger partial charge is 0.274 e. The first kappa shape index (κ1) is 20.4. The van der Waals surface area contributed by atoms with Crippen LogP contribution in [0.15, 0.2) is 48.5 Å². The number of nitrogens with zero attached hydrogens (tertiary/aromatic N) is 2. The summed E-state index contributed by atoms with van der Waals surface area (Å²) in [6, 6.07) is 12.2. The average Bonchev–Trinajstić information content (AvgIpc) is 2.63. The summed E-state index contributed by atoms with van der Waals surface area (Å²) < 4.78 is 26.9. The number of anilines is 3. The molecule has 29 heavy (non-hydrogen) atoms. The molecule has 7 heteroatoms. The molecule has 150 valence electrons. The van der Waals surface area contributed by atoms with E-state index in [0.29, 0.717) is 11.4 Å².